The molecule has 2 unspecified atom stereocenters. The molecular weight excluding hydrogens is 392 g/mol. The molecule has 1 amide bonds. The second kappa shape index (κ2) is 9.09. The molecule has 2 aliphatic rings. The smallest absolute Gasteiger partial charge is 0.282 e. The highest BCUT2D eigenvalue weighted by molar-refractivity contribution is 7.86. The molecule has 9 heteroatoms. The van der Waals surface area contributed by atoms with E-state index in [0.29, 0.717) is 39.3 Å². The molecule has 0 spiro atoms. The van der Waals surface area contributed by atoms with Gasteiger partial charge in [0.25, 0.3) is 10.2 Å². The van der Waals surface area contributed by atoms with Crippen LogP contribution < -0.4 is 5.32 Å². The maximum Gasteiger partial charge on any atom is 0.282 e. The van der Waals surface area contributed by atoms with Crippen LogP contribution in [-0.2, 0) is 19.7 Å². The van der Waals surface area contributed by atoms with E-state index in [1.807, 2.05) is 44.7 Å². The Kier molecular flexibility index (Phi) is 6.95. The highest BCUT2D eigenvalue weighted by Gasteiger charge is 2.36. The van der Waals surface area contributed by atoms with E-state index in [4.69, 9.17) is 4.74 Å². The number of rotatable bonds is 5. The van der Waals surface area contributed by atoms with Crippen LogP contribution in [0.15, 0.2) is 18.2 Å². The summed E-state index contributed by atoms with van der Waals surface area (Å²) in [7, 11) is -3.50. The van der Waals surface area contributed by atoms with Crippen molar-refractivity contribution in [3.8, 4) is 0 Å². The molecule has 2 aliphatic heterocycles. The van der Waals surface area contributed by atoms with Crippen LogP contribution in [-0.4, -0.2) is 85.9 Å². The van der Waals surface area contributed by atoms with E-state index < -0.39 is 10.2 Å². The number of aryl methyl sites for hydroxylation is 2. The Hall–Kier alpha value is -1.52. The number of benzene rings is 1. The van der Waals surface area contributed by atoms with Crippen molar-refractivity contribution in [1.82, 2.24) is 13.5 Å². The molecule has 2 saturated heterocycles. The fourth-order valence-electron chi connectivity index (χ4n) is 4.05. The molecule has 2 heterocycles. The lowest BCUT2D eigenvalue weighted by molar-refractivity contribution is -0.117. The molecule has 2 atom stereocenters. The minimum Gasteiger partial charge on any atom is -0.373 e. The van der Waals surface area contributed by atoms with Crippen molar-refractivity contribution in [2.45, 2.75) is 39.9 Å². The molecule has 0 saturated carbocycles. The van der Waals surface area contributed by atoms with Gasteiger partial charge in [-0.3, -0.25) is 9.69 Å². The minimum absolute atomic E-state index is 0.0814. The van der Waals surface area contributed by atoms with Crippen molar-refractivity contribution in [2.24, 2.45) is 0 Å². The number of nitrogens with one attached hydrogen (secondary N) is 1. The van der Waals surface area contributed by atoms with Crippen LogP contribution in [0.25, 0.3) is 0 Å². The Labute approximate surface area is 174 Å². The molecule has 2 fully saturated rings. The van der Waals surface area contributed by atoms with Gasteiger partial charge in [-0.25, -0.2) is 0 Å². The molecular formula is C20H32N4O4S. The molecule has 0 aromatic heterocycles. The van der Waals surface area contributed by atoms with Gasteiger partial charge in [0.15, 0.2) is 0 Å². The Bertz CT molecular complexity index is 807. The fourth-order valence-corrected chi connectivity index (χ4v) is 5.80. The molecule has 3 rings (SSSR count). The number of carbonyl (C=O) groups is 1. The summed E-state index contributed by atoms with van der Waals surface area (Å²) in [5.74, 6) is -0.0814. The lowest BCUT2D eigenvalue weighted by Gasteiger charge is -2.40. The Morgan fingerprint density at radius 2 is 1.55 bits per heavy atom. The molecule has 0 aliphatic carbocycles. The summed E-state index contributed by atoms with van der Waals surface area (Å²) < 4.78 is 34.6. The zero-order valence-corrected chi connectivity index (χ0v) is 18.5. The first kappa shape index (κ1) is 22.2. The molecule has 1 N–H and O–H groups in total. The van der Waals surface area contributed by atoms with Gasteiger partial charge in [-0.05, 0) is 51.0 Å². The Morgan fingerprint density at radius 3 is 2.10 bits per heavy atom. The number of ether oxygens (including phenoxy) is 1. The molecule has 0 radical (unpaired) electrons. The molecule has 0 bridgehead atoms. The topological polar surface area (TPSA) is 82.2 Å². The third-order valence-electron chi connectivity index (χ3n) is 5.24. The van der Waals surface area contributed by atoms with Crippen LogP contribution in [0.4, 0.5) is 5.69 Å². The number of piperazine rings is 1. The zero-order chi connectivity index (χ0) is 21.2. The standard InChI is InChI=1S/C20H32N4O4S/c1-15-9-16(2)11-19(10-15)21-20(25)14-22-5-7-23(8-6-22)29(26,27)24-12-17(3)28-18(4)13-24/h9-11,17-18H,5-8,12-14H2,1-4H3,(H,21,25). The predicted octanol–water partition coefficient (Wildman–Crippen LogP) is 1.21. The van der Waals surface area contributed by atoms with Gasteiger partial charge >= 0.3 is 0 Å². The first-order chi connectivity index (χ1) is 13.6. The summed E-state index contributed by atoms with van der Waals surface area (Å²) >= 11 is 0. The second-order valence-corrected chi connectivity index (χ2v) is 10.1. The van der Waals surface area contributed by atoms with Crippen molar-refractivity contribution in [1.29, 1.82) is 0 Å². The van der Waals surface area contributed by atoms with Crippen molar-refractivity contribution in [2.75, 3.05) is 51.1 Å². The van der Waals surface area contributed by atoms with Crippen molar-refractivity contribution in [3.05, 3.63) is 29.3 Å². The number of anilines is 1. The normalized spacial score (nSPS) is 25.1. The molecule has 8 nitrogen and oxygen atoms in total. The van der Waals surface area contributed by atoms with E-state index in [1.54, 1.807) is 0 Å². The summed E-state index contributed by atoms with van der Waals surface area (Å²) in [5, 5.41) is 2.94. The molecule has 29 heavy (non-hydrogen) atoms. The second-order valence-electron chi connectivity index (χ2n) is 8.18. The van der Waals surface area contributed by atoms with Gasteiger partial charge in [0.1, 0.15) is 0 Å². The summed E-state index contributed by atoms with van der Waals surface area (Å²) in [6, 6.07) is 5.95. The van der Waals surface area contributed by atoms with E-state index in [1.165, 1.54) is 8.61 Å². The minimum atomic E-state index is -3.50. The summed E-state index contributed by atoms with van der Waals surface area (Å²) in [6.07, 6.45) is -0.215. The average molecular weight is 425 g/mol. The van der Waals surface area contributed by atoms with Crippen LogP contribution in [0.1, 0.15) is 25.0 Å². The first-order valence-electron chi connectivity index (χ1n) is 10.1. The van der Waals surface area contributed by atoms with E-state index >= 15 is 0 Å². The quantitative estimate of drug-likeness (QED) is 0.768. The molecule has 162 valence electrons. The van der Waals surface area contributed by atoms with Gasteiger partial charge in [-0.2, -0.15) is 17.0 Å². The van der Waals surface area contributed by atoms with Gasteiger partial charge in [-0.1, -0.05) is 6.07 Å². The number of hydrogen-bond acceptors (Lipinski definition) is 5. The number of carbonyl (C=O) groups excluding carboxylic acids is 1. The number of hydrogen-bond donors (Lipinski definition) is 1. The van der Waals surface area contributed by atoms with Crippen LogP contribution in [0.2, 0.25) is 0 Å². The number of nitrogens with zero attached hydrogens (tertiary/aromatic N) is 3. The van der Waals surface area contributed by atoms with Crippen LogP contribution in [0.5, 0.6) is 0 Å². The SMILES string of the molecule is Cc1cc(C)cc(NC(=O)CN2CCN(S(=O)(=O)N3CC(C)OC(C)C3)CC2)c1. The third-order valence-corrected chi connectivity index (χ3v) is 7.21. The first-order valence-corrected chi connectivity index (χ1v) is 11.5. The van der Waals surface area contributed by atoms with Gasteiger partial charge in [0, 0.05) is 45.0 Å². The maximum atomic E-state index is 13.0. The van der Waals surface area contributed by atoms with Gasteiger partial charge in [-0.15, -0.1) is 0 Å². The predicted molar refractivity (Wildman–Crippen MR) is 113 cm³/mol. The maximum absolute atomic E-state index is 13.0. The largest absolute Gasteiger partial charge is 0.373 e. The molecule has 1 aromatic rings. The lowest BCUT2D eigenvalue weighted by atomic mass is 10.1. The van der Waals surface area contributed by atoms with Crippen LogP contribution in [0, 0.1) is 13.8 Å². The Morgan fingerprint density at radius 1 is 1.00 bits per heavy atom. The molecule has 1 aromatic carbocycles. The van der Waals surface area contributed by atoms with E-state index in [9.17, 15) is 13.2 Å². The summed E-state index contributed by atoms with van der Waals surface area (Å²) in [4.78, 5) is 14.4. The van der Waals surface area contributed by atoms with Gasteiger partial charge in [0.2, 0.25) is 5.91 Å². The van der Waals surface area contributed by atoms with Gasteiger partial charge in [0.05, 0.1) is 18.8 Å². The van der Waals surface area contributed by atoms with Crippen molar-refractivity contribution < 1.29 is 17.9 Å². The zero-order valence-electron chi connectivity index (χ0n) is 17.7. The number of morpholine rings is 1. The average Bonchev–Trinajstić information content (AvgIpc) is 2.60. The lowest BCUT2D eigenvalue weighted by Crippen LogP contribution is -2.57. The van der Waals surface area contributed by atoms with E-state index in [-0.39, 0.29) is 24.7 Å². The third kappa shape index (κ3) is 5.76. The Balaban J connectivity index is 1.51. The van der Waals surface area contributed by atoms with Crippen molar-refractivity contribution in [3.63, 3.8) is 0 Å². The highest BCUT2D eigenvalue weighted by Crippen LogP contribution is 2.19. The summed E-state index contributed by atoms with van der Waals surface area (Å²) in [6.45, 7) is 10.6. The van der Waals surface area contributed by atoms with Crippen LogP contribution in [0.3, 0.4) is 0 Å². The van der Waals surface area contributed by atoms with E-state index in [2.05, 4.69) is 11.4 Å². The monoisotopic (exact) mass is 424 g/mol. The number of amides is 1. The highest BCUT2D eigenvalue weighted by atomic mass is 32.2. The van der Waals surface area contributed by atoms with Crippen LogP contribution >= 0.6 is 0 Å². The van der Waals surface area contributed by atoms with Gasteiger partial charge < -0.3 is 10.1 Å². The summed E-state index contributed by atoms with van der Waals surface area (Å²) in [5.41, 5.74) is 3.00. The van der Waals surface area contributed by atoms with Crippen molar-refractivity contribution >= 4 is 21.8 Å². The fraction of sp³-hybridized carbons (Fsp3) is 0.650. The van der Waals surface area contributed by atoms with E-state index in [0.717, 1.165) is 16.8 Å².